The van der Waals surface area contributed by atoms with Crippen molar-refractivity contribution in [1.29, 1.82) is 0 Å². The number of urea groups is 1. The average molecular weight is 313 g/mol. The Kier molecular flexibility index (Phi) is 6.45. The zero-order valence-electron chi connectivity index (χ0n) is 12.2. The van der Waals surface area contributed by atoms with E-state index in [4.69, 9.17) is 0 Å². The van der Waals surface area contributed by atoms with Gasteiger partial charge in [-0.1, -0.05) is 6.92 Å². The Morgan fingerprint density at radius 2 is 2.05 bits per heavy atom. The number of nitrogens with zero attached hydrogens (tertiary/aromatic N) is 1. The molecule has 0 aliphatic carbocycles. The Morgan fingerprint density at radius 3 is 2.57 bits per heavy atom. The molecule has 1 unspecified atom stereocenters. The number of hydrogen-bond donors (Lipinski definition) is 3. The van der Waals surface area contributed by atoms with Gasteiger partial charge in [-0.15, -0.1) is 12.4 Å². The van der Waals surface area contributed by atoms with E-state index >= 15 is 0 Å². The van der Waals surface area contributed by atoms with Gasteiger partial charge < -0.3 is 16.0 Å². The lowest BCUT2D eigenvalue weighted by atomic mass is 10.1. The van der Waals surface area contributed by atoms with Crippen LogP contribution in [-0.4, -0.2) is 38.6 Å². The summed E-state index contributed by atoms with van der Waals surface area (Å²) in [5.74, 6) is -0.116. The van der Waals surface area contributed by atoms with E-state index in [1.54, 1.807) is 4.90 Å². The molecule has 7 heteroatoms. The van der Waals surface area contributed by atoms with Crippen molar-refractivity contribution in [2.24, 2.45) is 5.92 Å². The van der Waals surface area contributed by atoms with Crippen molar-refractivity contribution >= 4 is 35.7 Å². The number of amides is 3. The van der Waals surface area contributed by atoms with Crippen molar-refractivity contribution in [2.45, 2.75) is 6.92 Å². The second-order valence-electron chi connectivity index (χ2n) is 4.88. The van der Waals surface area contributed by atoms with Crippen molar-refractivity contribution < 1.29 is 9.59 Å². The summed E-state index contributed by atoms with van der Waals surface area (Å²) in [5, 5.41) is 8.58. The Bertz CT molecular complexity index is 492. The van der Waals surface area contributed by atoms with Gasteiger partial charge >= 0.3 is 6.03 Å². The molecular weight excluding hydrogens is 292 g/mol. The Morgan fingerprint density at radius 1 is 1.38 bits per heavy atom. The highest BCUT2D eigenvalue weighted by Crippen LogP contribution is 2.19. The number of carbonyl (C=O) groups excluding carboxylic acids is 2. The van der Waals surface area contributed by atoms with Crippen molar-refractivity contribution in [3.05, 3.63) is 24.3 Å². The highest BCUT2D eigenvalue weighted by atomic mass is 35.5. The van der Waals surface area contributed by atoms with Gasteiger partial charge in [0.25, 0.3) is 0 Å². The molecule has 1 aliphatic rings. The summed E-state index contributed by atoms with van der Waals surface area (Å²) in [6.45, 7) is 3.84. The summed E-state index contributed by atoms with van der Waals surface area (Å²) in [6.07, 6.45) is 0. The smallest absolute Gasteiger partial charge is 0.321 e. The Hall–Kier alpha value is -1.79. The molecule has 1 saturated heterocycles. The first-order valence-electron chi connectivity index (χ1n) is 6.72. The molecule has 6 nitrogen and oxygen atoms in total. The topological polar surface area (TPSA) is 73.5 Å². The van der Waals surface area contributed by atoms with Gasteiger partial charge in [0.2, 0.25) is 5.91 Å². The van der Waals surface area contributed by atoms with Gasteiger partial charge in [0, 0.05) is 36.9 Å². The third-order valence-electron chi connectivity index (χ3n) is 3.26. The van der Waals surface area contributed by atoms with Crippen LogP contribution in [0, 0.1) is 5.92 Å². The van der Waals surface area contributed by atoms with E-state index in [1.807, 2.05) is 38.2 Å². The zero-order valence-corrected chi connectivity index (χ0v) is 13.0. The fourth-order valence-corrected chi connectivity index (χ4v) is 2.11. The van der Waals surface area contributed by atoms with E-state index in [0.717, 1.165) is 11.4 Å². The van der Waals surface area contributed by atoms with E-state index in [2.05, 4.69) is 16.0 Å². The Labute approximate surface area is 130 Å². The molecule has 0 bridgehead atoms. The summed E-state index contributed by atoms with van der Waals surface area (Å²) in [7, 11) is 1.82. The minimum atomic E-state index is -0.0935. The van der Waals surface area contributed by atoms with Gasteiger partial charge in [-0.25, -0.2) is 4.79 Å². The zero-order chi connectivity index (χ0) is 14.5. The van der Waals surface area contributed by atoms with E-state index < -0.39 is 0 Å². The highest BCUT2D eigenvalue weighted by Gasteiger charge is 2.20. The second kappa shape index (κ2) is 7.85. The van der Waals surface area contributed by atoms with Gasteiger partial charge in [0.05, 0.1) is 0 Å². The van der Waals surface area contributed by atoms with Crippen LogP contribution in [0.1, 0.15) is 6.92 Å². The largest absolute Gasteiger partial charge is 0.336 e. The van der Waals surface area contributed by atoms with E-state index in [1.165, 1.54) is 0 Å². The van der Waals surface area contributed by atoms with Crippen LogP contribution in [0.2, 0.25) is 0 Å². The number of hydrogen-bond acceptors (Lipinski definition) is 3. The summed E-state index contributed by atoms with van der Waals surface area (Å²) >= 11 is 0. The third kappa shape index (κ3) is 4.34. The standard InChI is InChI=1S/C14H20N4O2.ClH/c1-10(9-15-2)13(19)17-11-3-5-12(6-4-11)18-8-7-16-14(18)20;/h3-6,10,15H,7-9H2,1-2H3,(H,16,20)(H,17,19);1H. The van der Waals surface area contributed by atoms with Crippen LogP contribution in [0.25, 0.3) is 0 Å². The molecule has 1 atom stereocenters. The maximum absolute atomic E-state index is 11.9. The van der Waals surface area contributed by atoms with Gasteiger partial charge in [-0.3, -0.25) is 9.69 Å². The first-order chi connectivity index (χ1) is 9.61. The molecule has 1 aromatic carbocycles. The quantitative estimate of drug-likeness (QED) is 0.770. The summed E-state index contributed by atoms with van der Waals surface area (Å²) in [5.41, 5.74) is 1.57. The minimum Gasteiger partial charge on any atom is -0.336 e. The lowest BCUT2D eigenvalue weighted by Crippen LogP contribution is -2.29. The van der Waals surface area contributed by atoms with Gasteiger partial charge in [0.1, 0.15) is 0 Å². The summed E-state index contributed by atoms with van der Waals surface area (Å²) in [4.78, 5) is 25.1. The molecule has 1 heterocycles. The van der Waals surface area contributed by atoms with E-state index in [0.29, 0.717) is 19.6 Å². The molecule has 1 fully saturated rings. The van der Waals surface area contributed by atoms with Crippen molar-refractivity contribution in [2.75, 3.05) is 36.9 Å². The molecule has 21 heavy (non-hydrogen) atoms. The molecule has 3 N–H and O–H groups in total. The lowest BCUT2D eigenvalue weighted by molar-refractivity contribution is -0.119. The predicted molar refractivity (Wildman–Crippen MR) is 86.2 cm³/mol. The molecular formula is C14H21ClN4O2. The number of carbonyl (C=O) groups is 2. The van der Waals surface area contributed by atoms with Crippen LogP contribution < -0.4 is 20.9 Å². The normalized spacial score (nSPS) is 15.1. The maximum Gasteiger partial charge on any atom is 0.321 e. The molecule has 0 saturated carbocycles. The van der Waals surface area contributed by atoms with Crippen molar-refractivity contribution in [3.63, 3.8) is 0 Å². The fourth-order valence-electron chi connectivity index (χ4n) is 2.11. The number of anilines is 2. The van der Waals surface area contributed by atoms with Crippen LogP contribution in [-0.2, 0) is 4.79 Å². The fraction of sp³-hybridized carbons (Fsp3) is 0.429. The van der Waals surface area contributed by atoms with Crippen LogP contribution in [0.4, 0.5) is 16.2 Å². The van der Waals surface area contributed by atoms with Crippen LogP contribution in [0.5, 0.6) is 0 Å². The van der Waals surface area contributed by atoms with Crippen LogP contribution in [0.15, 0.2) is 24.3 Å². The number of halogens is 1. The number of nitrogens with one attached hydrogen (secondary N) is 3. The first kappa shape index (κ1) is 17.3. The van der Waals surface area contributed by atoms with Crippen LogP contribution >= 0.6 is 12.4 Å². The summed E-state index contributed by atoms with van der Waals surface area (Å²) < 4.78 is 0. The first-order valence-corrected chi connectivity index (χ1v) is 6.72. The second-order valence-corrected chi connectivity index (χ2v) is 4.88. The minimum absolute atomic E-state index is 0. The SMILES string of the molecule is CNCC(C)C(=O)Nc1ccc(N2CCNC2=O)cc1.Cl. The third-order valence-corrected chi connectivity index (χ3v) is 3.26. The van der Waals surface area contributed by atoms with E-state index in [-0.39, 0.29) is 30.3 Å². The number of rotatable bonds is 5. The molecule has 116 valence electrons. The highest BCUT2D eigenvalue weighted by molar-refractivity contribution is 5.95. The molecule has 1 aliphatic heterocycles. The van der Waals surface area contributed by atoms with Gasteiger partial charge in [0.15, 0.2) is 0 Å². The monoisotopic (exact) mass is 312 g/mol. The molecule has 2 rings (SSSR count). The molecule has 0 spiro atoms. The average Bonchev–Trinajstić information content (AvgIpc) is 2.86. The Balaban J connectivity index is 0.00000220. The van der Waals surface area contributed by atoms with Crippen LogP contribution in [0.3, 0.4) is 0 Å². The molecule has 3 amide bonds. The number of benzene rings is 1. The maximum atomic E-state index is 11.9. The van der Waals surface area contributed by atoms with E-state index in [9.17, 15) is 9.59 Å². The lowest BCUT2D eigenvalue weighted by Gasteiger charge is -2.15. The van der Waals surface area contributed by atoms with Gasteiger partial charge in [-0.2, -0.15) is 0 Å². The predicted octanol–water partition coefficient (Wildman–Crippen LogP) is 1.43. The van der Waals surface area contributed by atoms with Gasteiger partial charge in [-0.05, 0) is 31.3 Å². The van der Waals surface area contributed by atoms with Crippen molar-refractivity contribution in [1.82, 2.24) is 10.6 Å². The van der Waals surface area contributed by atoms with Crippen molar-refractivity contribution in [3.8, 4) is 0 Å². The summed E-state index contributed by atoms with van der Waals surface area (Å²) in [6, 6.07) is 7.21. The molecule has 1 aromatic rings. The molecule has 0 aromatic heterocycles. The molecule has 0 radical (unpaired) electrons.